The molecule has 0 aliphatic rings. The van der Waals surface area contributed by atoms with Crippen LogP contribution in [0.5, 0.6) is 17.2 Å². The molecule has 0 unspecified atom stereocenters. The van der Waals surface area contributed by atoms with Crippen molar-refractivity contribution >= 4 is 21.7 Å². The Kier molecular flexibility index (Phi) is 6.27. The van der Waals surface area contributed by atoms with Gasteiger partial charge < -0.3 is 14.2 Å². The number of anilines is 1. The van der Waals surface area contributed by atoms with E-state index in [1.165, 1.54) is 61.1 Å². The fourth-order valence-electron chi connectivity index (χ4n) is 2.77. The Labute approximate surface area is 188 Å². The highest BCUT2D eigenvalue weighted by molar-refractivity contribution is 7.87. The standard InChI is InChI=1S/C23H16FN3O5S/c24-17-7-5-16(6-8-17)23(28)27-18-11-21(31-19-3-1-9-25-14-19)13-22(12-18)33(29,30)32-20-4-2-10-26-15-20/h1-15H,(H,27,28). The number of carbonyl (C=O) groups excluding carboxylic acids is 1. The van der Waals surface area contributed by atoms with E-state index in [2.05, 4.69) is 15.3 Å². The average Bonchev–Trinajstić information content (AvgIpc) is 2.80. The van der Waals surface area contributed by atoms with Gasteiger partial charge in [0.1, 0.15) is 22.2 Å². The maximum absolute atomic E-state index is 13.2. The minimum absolute atomic E-state index is 0.0213. The average molecular weight is 465 g/mol. The van der Waals surface area contributed by atoms with E-state index in [0.717, 1.165) is 12.1 Å². The maximum Gasteiger partial charge on any atom is 0.339 e. The van der Waals surface area contributed by atoms with Crippen molar-refractivity contribution in [3.63, 3.8) is 0 Å². The van der Waals surface area contributed by atoms with Gasteiger partial charge in [0.15, 0.2) is 5.75 Å². The number of carbonyl (C=O) groups is 1. The van der Waals surface area contributed by atoms with Crippen molar-refractivity contribution in [1.82, 2.24) is 9.97 Å². The molecule has 2 aromatic carbocycles. The predicted octanol–water partition coefficient (Wildman–Crippen LogP) is 4.43. The first-order valence-electron chi connectivity index (χ1n) is 9.53. The van der Waals surface area contributed by atoms with Crippen LogP contribution in [-0.2, 0) is 10.1 Å². The van der Waals surface area contributed by atoms with Crippen LogP contribution < -0.4 is 14.2 Å². The third-order valence-corrected chi connectivity index (χ3v) is 5.47. The second-order valence-electron chi connectivity index (χ2n) is 6.67. The first-order valence-corrected chi connectivity index (χ1v) is 10.9. The molecule has 4 rings (SSSR count). The van der Waals surface area contributed by atoms with E-state index in [4.69, 9.17) is 8.92 Å². The summed E-state index contributed by atoms with van der Waals surface area (Å²) in [5, 5.41) is 2.59. The van der Waals surface area contributed by atoms with Crippen LogP contribution in [0.2, 0.25) is 0 Å². The monoisotopic (exact) mass is 465 g/mol. The first-order chi connectivity index (χ1) is 15.9. The van der Waals surface area contributed by atoms with Crippen molar-refractivity contribution in [3.05, 3.63) is 103 Å². The quantitative estimate of drug-likeness (QED) is 0.402. The Morgan fingerprint density at radius 2 is 1.52 bits per heavy atom. The van der Waals surface area contributed by atoms with Gasteiger partial charge >= 0.3 is 10.1 Å². The summed E-state index contributed by atoms with van der Waals surface area (Å²) >= 11 is 0. The molecule has 1 N–H and O–H groups in total. The van der Waals surface area contributed by atoms with E-state index >= 15 is 0 Å². The molecular weight excluding hydrogens is 449 g/mol. The molecule has 0 aliphatic carbocycles. The van der Waals surface area contributed by atoms with Gasteiger partial charge in [-0.1, -0.05) is 0 Å². The van der Waals surface area contributed by atoms with Gasteiger partial charge in [-0.05, 0) is 54.6 Å². The van der Waals surface area contributed by atoms with Crippen LogP contribution in [0.15, 0.2) is 96.4 Å². The highest BCUT2D eigenvalue weighted by atomic mass is 32.2. The largest absolute Gasteiger partial charge is 0.456 e. The first kappa shape index (κ1) is 21.9. The molecule has 0 bridgehead atoms. The predicted molar refractivity (Wildman–Crippen MR) is 117 cm³/mol. The van der Waals surface area contributed by atoms with Gasteiger partial charge in [0.05, 0.1) is 12.4 Å². The molecule has 0 aliphatic heterocycles. The lowest BCUT2D eigenvalue weighted by Crippen LogP contribution is -2.14. The highest BCUT2D eigenvalue weighted by Gasteiger charge is 2.20. The number of rotatable bonds is 7. The van der Waals surface area contributed by atoms with Crippen LogP contribution in [0, 0.1) is 5.82 Å². The van der Waals surface area contributed by atoms with E-state index in [9.17, 15) is 17.6 Å². The fourth-order valence-corrected chi connectivity index (χ4v) is 3.75. The molecule has 0 spiro atoms. The summed E-state index contributed by atoms with van der Waals surface area (Å²) in [5.74, 6) is -0.554. The van der Waals surface area contributed by atoms with Crippen LogP contribution in [0.1, 0.15) is 10.4 Å². The van der Waals surface area contributed by atoms with Crippen molar-refractivity contribution in [3.8, 4) is 17.2 Å². The van der Waals surface area contributed by atoms with Crippen molar-refractivity contribution < 1.29 is 26.5 Å². The highest BCUT2D eigenvalue weighted by Crippen LogP contribution is 2.29. The number of halogens is 1. The third kappa shape index (κ3) is 5.69. The second kappa shape index (κ2) is 9.45. The summed E-state index contributed by atoms with van der Waals surface area (Å²) in [4.78, 5) is 20.1. The number of benzene rings is 2. The summed E-state index contributed by atoms with van der Waals surface area (Å²) in [6, 6.07) is 15.1. The normalized spacial score (nSPS) is 10.9. The van der Waals surface area contributed by atoms with E-state index < -0.39 is 21.8 Å². The molecule has 2 aromatic heterocycles. The van der Waals surface area contributed by atoms with Crippen LogP contribution in [-0.4, -0.2) is 24.3 Å². The number of ether oxygens (including phenoxy) is 1. The van der Waals surface area contributed by atoms with E-state index in [-0.39, 0.29) is 27.6 Å². The Morgan fingerprint density at radius 3 is 2.15 bits per heavy atom. The molecule has 2 heterocycles. The third-order valence-electron chi connectivity index (χ3n) is 4.24. The smallest absolute Gasteiger partial charge is 0.339 e. The number of aromatic nitrogens is 2. The molecule has 33 heavy (non-hydrogen) atoms. The minimum atomic E-state index is -4.29. The van der Waals surface area contributed by atoms with Crippen molar-refractivity contribution in [2.45, 2.75) is 4.90 Å². The minimum Gasteiger partial charge on any atom is -0.456 e. The zero-order valence-electron chi connectivity index (χ0n) is 16.9. The molecule has 8 nitrogen and oxygen atoms in total. The molecule has 166 valence electrons. The van der Waals surface area contributed by atoms with Crippen molar-refractivity contribution in [2.75, 3.05) is 5.32 Å². The van der Waals surface area contributed by atoms with Gasteiger partial charge in [0, 0.05) is 35.8 Å². The Morgan fingerprint density at radius 1 is 0.848 bits per heavy atom. The summed E-state index contributed by atoms with van der Waals surface area (Å²) in [6.45, 7) is 0. The van der Waals surface area contributed by atoms with Crippen LogP contribution >= 0.6 is 0 Å². The van der Waals surface area contributed by atoms with Crippen LogP contribution in [0.4, 0.5) is 10.1 Å². The zero-order valence-corrected chi connectivity index (χ0v) is 17.7. The molecule has 4 aromatic rings. The molecule has 1 amide bonds. The lowest BCUT2D eigenvalue weighted by atomic mass is 10.2. The number of hydrogen-bond acceptors (Lipinski definition) is 7. The van der Waals surface area contributed by atoms with Gasteiger partial charge in [-0.2, -0.15) is 8.42 Å². The number of pyridine rings is 2. The SMILES string of the molecule is O=C(Nc1cc(Oc2cccnc2)cc(S(=O)(=O)Oc2cccnc2)c1)c1ccc(F)cc1. The molecule has 0 radical (unpaired) electrons. The summed E-state index contributed by atoms with van der Waals surface area (Å²) in [5.41, 5.74) is 0.310. The summed E-state index contributed by atoms with van der Waals surface area (Å²) in [7, 11) is -4.29. The topological polar surface area (TPSA) is 107 Å². The van der Waals surface area contributed by atoms with Gasteiger partial charge in [-0.3, -0.25) is 14.8 Å². The Balaban J connectivity index is 1.68. The molecule has 0 saturated carbocycles. The zero-order chi connectivity index (χ0) is 23.3. The maximum atomic E-state index is 13.2. The number of amides is 1. The van der Waals surface area contributed by atoms with Crippen molar-refractivity contribution in [2.24, 2.45) is 0 Å². The molecular formula is C23H16FN3O5S. The number of hydrogen-bond donors (Lipinski definition) is 1. The summed E-state index contributed by atoms with van der Waals surface area (Å²) < 4.78 is 49.8. The number of nitrogens with zero attached hydrogens (tertiary/aromatic N) is 2. The lowest BCUT2D eigenvalue weighted by Gasteiger charge is -2.13. The Bertz CT molecular complexity index is 1370. The van der Waals surface area contributed by atoms with Crippen molar-refractivity contribution in [1.29, 1.82) is 0 Å². The van der Waals surface area contributed by atoms with Crippen LogP contribution in [0.3, 0.4) is 0 Å². The lowest BCUT2D eigenvalue weighted by molar-refractivity contribution is 0.102. The second-order valence-corrected chi connectivity index (χ2v) is 8.22. The van der Waals surface area contributed by atoms with E-state index in [0.29, 0.717) is 5.75 Å². The molecule has 0 atom stereocenters. The van der Waals surface area contributed by atoms with E-state index in [1.54, 1.807) is 18.3 Å². The Hall–Kier alpha value is -4.31. The van der Waals surface area contributed by atoms with E-state index in [1.807, 2.05) is 0 Å². The molecule has 0 fully saturated rings. The summed E-state index contributed by atoms with van der Waals surface area (Å²) in [6.07, 6.45) is 5.74. The van der Waals surface area contributed by atoms with Gasteiger partial charge in [-0.15, -0.1) is 0 Å². The van der Waals surface area contributed by atoms with Gasteiger partial charge in [0.25, 0.3) is 5.91 Å². The molecule has 0 saturated heterocycles. The van der Waals surface area contributed by atoms with Gasteiger partial charge in [0.2, 0.25) is 0 Å². The van der Waals surface area contributed by atoms with Crippen LogP contribution in [0.25, 0.3) is 0 Å². The van der Waals surface area contributed by atoms with Gasteiger partial charge in [-0.25, -0.2) is 4.39 Å². The molecule has 10 heteroatoms. The fraction of sp³-hybridized carbons (Fsp3) is 0. The number of nitrogens with one attached hydrogen (secondary N) is 1.